The summed E-state index contributed by atoms with van der Waals surface area (Å²) in [5.41, 5.74) is 0.718. The molecule has 0 aliphatic rings. The SMILES string of the molecule is CC/C(OC)=C(\C(=O)O)c1ccccc1Oc1cc(Oc2ccccc2C#N)ncn1. The summed E-state index contributed by atoms with van der Waals surface area (Å²) in [6.45, 7) is 1.80. The molecule has 0 atom stereocenters. The highest BCUT2D eigenvalue weighted by Gasteiger charge is 2.21. The van der Waals surface area contributed by atoms with E-state index in [0.717, 1.165) is 0 Å². The van der Waals surface area contributed by atoms with E-state index in [0.29, 0.717) is 29.1 Å². The first-order valence-electron chi connectivity index (χ1n) is 9.34. The Morgan fingerprint density at radius 3 is 2.26 bits per heavy atom. The molecule has 0 aliphatic carbocycles. The Kier molecular flexibility index (Phi) is 6.81. The maximum atomic E-state index is 11.9. The number of carboxylic acid groups (broad SMARTS) is 1. The van der Waals surface area contributed by atoms with Gasteiger partial charge in [0.2, 0.25) is 11.8 Å². The first-order valence-corrected chi connectivity index (χ1v) is 9.34. The van der Waals surface area contributed by atoms with Crippen molar-refractivity contribution >= 4 is 11.5 Å². The molecular weight excluding hydrogens is 398 g/mol. The molecule has 3 aromatic rings. The lowest BCUT2D eigenvalue weighted by molar-refractivity contribution is -0.130. The minimum atomic E-state index is -1.13. The number of aromatic nitrogens is 2. The maximum Gasteiger partial charge on any atom is 0.339 e. The normalized spacial score (nSPS) is 11.1. The van der Waals surface area contributed by atoms with Crippen LogP contribution in [0.25, 0.3) is 5.57 Å². The van der Waals surface area contributed by atoms with Crippen LogP contribution < -0.4 is 9.47 Å². The van der Waals surface area contributed by atoms with Gasteiger partial charge in [0.1, 0.15) is 35.2 Å². The Hall–Kier alpha value is -4.38. The van der Waals surface area contributed by atoms with Crippen molar-refractivity contribution in [1.29, 1.82) is 5.26 Å². The van der Waals surface area contributed by atoms with Crippen LogP contribution in [0.1, 0.15) is 24.5 Å². The summed E-state index contributed by atoms with van der Waals surface area (Å²) in [6, 6.07) is 17.0. The van der Waals surface area contributed by atoms with Gasteiger partial charge in [0, 0.05) is 12.0 Å². The molecule has 31 heavy (non-hydrogen) atoms. The Morgan fingerprint density at radius 1 is 1.03 bits per heavy atom. The van der Waals surface area contributed by atoms with Gasteiger partial charge < -0.3 is 19.3 Å². The Balaban J connectivity index is 1.95. The zero-order valence-corrected chi connectivity index (χ0v) is 16.9. The van der Waals surface area contributed by atoms with E-state index >= 15 is 0 Å². The number of carboxylic acids is 1. The van der Waals surface area contributed by atoms with Crippen LogP contribution in [0.15, 0.2) is 66.7 Å². The summed E-state index contributed by atoms with van der Waals surface area (Å²) in [5, 5.41) is 19.0. The molecule has 0 radical (unpaired) electrons. The molecule has 0 aliphatic heterocycles. The Morgan fingerprint density at radius 2 is 1.65 bits per heavy atom. The molecular formula is C23H19N3O5. The van der Waals surface area contributed by atoms with Crippen molar-refractivity contribution in [2.24, 2.45) is 0 Å². The van der Waals surface area contributed by atoms with Crippen molar-refractivity contribution in [1.82, 2.24) is 9.97 Å². The van der Waals surface area contributed by atoms with Crippen molar-refractivity contribution < 1.29 is 24.1 Å². The molecule has 1 heterocycles. The molecule has 0 unspecified atom stereocenters. The predicted molar refractivity (Wildman–Crippen MR) is 112 cm³/mol. The fraction of sp³-hybridized carbons (Fsp3) is 0.130. The van der Waals surface area contributed by atoms with Crippen LogP contribution in [0.2, 0.25) is 0 Å². The molecule has 3 rings (SSSR count). The number of nitrogens with zero attached hydrogens (tertiary/aromatic N) is 3. The summed E-state index contributed by atoms with van der Waals surface area (Å²) in [7, 11) is 1.43. The second-order valence-corrected chi connectivity index (χ2v) is 6.16. The standard InChI is InChI=1S/C23H19N3O5/c1-3-17(29-2)22(23(27)28)16-9-5-7-11-19(16)31-21-12-20(25-14-26-21)30-18-10-6-4-8-15(18)13-24/h4-12,14H,3H2,1-2H3,(H,27,28)/b22-17+. The molecule has 2 aromatic carbocycles. The van der Waals surface area contributed by atoms with E-state index in [-0.39, 0.29) is 23.1 Å². The van der Waals surface area contributed by atoms with Gasteiger partial charge in [-0.3, -0.25) is 0 Å². The number of methoxy groups -OCH3 is 1. The van der Waals surface area contributed by atoms with Crippen LogP contribution in [-0.4, -0.2) is 28.2 Å². The number of hydrogen-bond donors (Lipinski definition) is 1. The summed E-state index contributed by atoms with van der Waals surface area (Å²) in [6.07, 6.45) is 1.65. The summed E-state index contributed by atoms with van der Waals surface area (Å²) >= 11 is 0. The van der Waals surface area contributed by atoms with Crippen molar-refractivity contribution in [2.75, 3.05) is 7.11 Å². The first kappa shape index (κ1) is 21.3. The van der Waals surface area contributed by atoms with Gasteiger partial charge in [-0.15, -0.1) is 0 Å². The quantitative estimate of drug-likeness (QED) is 0.411. The van der Waals surface area contributed by atoms with E-state index in [1.165, 1.54) is 19.5 Å². The molecule has 0 spiro atoms. The number of nitriles is 1. The molecule has 0 bridgehead atoms. The van der Waals surface area contributed by atoms with E-state index in [4.69, 9.17) is 14.2 Å². The molecule has 1 aromatic heterocycles. The molecule has 156 valence electrons. The minimum absolute atomic E-state index is 0.00840. The maximum absolute atomic E-state index is 11.9. The lowest BCUT2D eigenvalue weighted by Gasteiger charge is -2.14. The number of carbonyl (C=O) groups is 1. The first-order chi connectivity index (χ1) is 15.1. The summed E-state index contributed by atoms with van der Waals surface area (Å²) in [5.74, 6) is 0.138. The topological polar surface area (TPSA) is 115 Å². The fourth-order valence-corrected chi connectivity index (χ4v) is 2.88. The van der Waals surface area contributed by atoms with Crippen LogP contribution in [0.5, 0.6) is 23.3 Å². The van der Waals surface area contributed by atoms with Crippen LogP contribution in [0.3, 0.4) is 0 Å². The number of para-hydroxylation sites is 2. The van der Waals surface area contributed by atoms with Gasteiger partial charge in [0.25, 0.3) is 0 Å². The zero-order chi connectivity index (χ0) is 22.2. The number of ether oxygens (including phenoxy) is 3. The highest BCUT2D eigenvalue weighted by Crippen LogP contribution is 2.33. The Bertz CT molecular complexity index is 1160. The van der Waals surface area contributed by atoms with Gasteiger partial charge in [-0.1, -0.05) is 37.3 Å². The number of hydrogen-bond acceptors (Lipinski definition) is 7. The van der Waals surface area contributed by atoms with E-state index in [9.17, 15) is 15.2 Å². The predicted octanol–water partition coefficient (Wildman–Crippen LogP) is 4.78. The monoisotopic (exact) mass is 417 g/mol. The third kappa shape index (κ3) is 4.97. The van der Waals surface area contributed by atoms with E-state index in [1.807, 2.05) is 0 Å². The van der Waals surface area contributed by atoms with E-state index in [1.54, 1.807) is 55.5 Å². The third-order valence-corrected chi connectivity index (χ3v) is 4.27. The molecule has 0 saturated heterocycles. The van der Waals surface area contributed by atoms with Gasteiger partial charge in [-0.05, 0) is 18.2 Å². The van der Waals surface area contributed by atoms with E-state index < -0.39 is 5.97 Å². The lowest BCUT2D eigenvalue weighted by Crippen LogP contribution is -2.06. The number of rotatable bonds is 8. The molecule has 1 N–H and O–H groups in total. The highest BCUT2D eigenvalue weighted by molar-refractivity contribution is 6.17. The second kappa shape index (κ2) is 9.89. The van der Waals surface area contributed by atoms with Gasteiger partial charge in [-0.2, -0.15) is 5.26 Å². The molecule has 8 heteroatoms. The zero-order valence-electron chi connectivity index (χ0n) is 16.9. The van der Waals surface area contributed by atoms with Crippen LogP contribution in [0, 0.1) is 11.3 Å². The van der Waals surface area contributed by atoms with Gasteiger partial charge >= 0.3 is 5.97 Å². The molecule has 0 fully saturated rings. The van der Waals surface area contributed by atoms with Crippen molar-refractivity contribution in [2.45, 2.75) is 13.3 Å². The lowest BCUT2D eigenvalue weighted by atomic mass is 10.0. The van der Waals surface area contributed by atoms with Crippen molar-refractivity contribution in [3.63, 3.8) is 0 Å². The largest absolute Gasteiger partial charge is 0.500 e. The summed E-state index contributed by atoms with van der Waals surface area (Å²) < 4.78 is 16.8. The van der Waals surface area contributed by atoms with Crippen molar-refractivity contribution in [3.05, 3.63) is 77.8 Å². The number of aliphatic carboxylic acids is 1. The molecule has 8 nitrogen and oxygen atoms in total. The average molecular weight is 417 g/mol. The minimum Gasteiger partial charge on any atom is -0.500 e. The van der Waals surface area contributed by atoms with Crippen molar-refractivity contribution in [3.8, 4) is 29.3 Å². The molecule has 0 amide bonds. The Labute approximate surface area is 179 Å². The van der Waals surface area contributed by atoms with Gasteiger partial charge in [0.05, 0.1) is 18.7 Å². The second-order valence-electron chi connectivity index (χ2n) is 6.16. The number of benzene rings is 2. The highest BCUT2D eigenvalue weighted by atomic mass is 16.5. The average Bonchev–Trinajstić information content (AvgIpc) is 2.78. The molecule has 0 saturated carbocycles. The van der Waals surface area contributed by atoms with Crippen LogP contribution in [-0.2, 0) is 9.53 Å². The van der Waals surface area contributed by atoms with Crippen LogP contribution >= 0.6 is 0 Å². The number of allylic oxidation sites excluding steroid dienone is 1. The van der Waals surface area contributed by atoms with Gasteiger partial charge in [-0.25, -0.2) is 14.8 Å². The summed E-state index contributed by atoms with van der Waals surface area (Å²) in [4.78, 5) is 20.0. The smallest absolute Gasteiger partial charge is 0.339 e. The van der Waals surface area contributed by atoms with Gasteiger partial charge in [0.15, 0.2) is 0 Å². The van der Waals surface area contributed by atoms with E-state index in [2.05, 4.69) is 16.0 Å². The van der Waals surface area contributed by atoms with Crippen LogP contribution in [0.4, 0.5) is 0 Å². The third-order valence-electron chi connectivity index (χ3n) is 4.27. The fourth-order valence-electron chi connectivity index (χ4n) is 2.88.